The molecular weight excluding hydrogens is 182 g/mol. The Labute approximate surface area is 66.2 Å². The van der Waals surface area contributed by atoms with Crippen LogP contribution in [0.5, 0.6) is 0 Å². The minimum atomic E-state index is 0. The second-order valence-corrected chi connectivity index (χ2v) is 1.46. The largest absolute Gasteiger partial charge is 2.00 e. The number of thiocarbonyl (C=S) groups is 1. The van der Waals surface area contributed by atoms with E-state index >= 15 is 0 Å². The van der Waals surface area contributed by atoms with Gasteiger partial charge >= 0.3 is 19.5 Å². The van der Waals surface area contributed by atoms with Crippen LogP contribution < -0.4 is 5.73 Å². The van der Waals surface area contributed by atoms with Gasteiger partial charge in [0.15, 0.2) is 0 Å². The van der Waals surface area contributed by atoms with Gasteiger partial charge in [0.25, 0.3) is 0 Å². The van der Waals surface area contributed by atoms with Crippen LogP contribution in [0.2, 0.25) is 0 Å². The summed E-state index contributed by atoms with van der Waals surface area (Å²) in [6, 6.07) is 0. The number of nitrogens with zero attached hydrogens (tertiary/aromatic N) is 1. The predicted octanol–water partition coefficient (Wildman–Crippen LogP) is -0.129. The van der Waals surface area contributed by atoms with Crippen molar-refractivity contribution in [2.24, 2.45) is 5.73 Å². The van der Waals surface area contributed by atoms with Crippen molar-refractivity contribution in [3.05, 3.63) is 6.57 Å². The van der Waals surface area contributed by atoms with Crippen LogP contribution in [0.15, 0.2) is 0 Å². The van der Waals surface area contributed by atoms with Gasteiger partial charge in [0.2, 0.25) is 0 Å². The number of hydrogen-bond acceptors (Lipinski definition) is 3. The summed E-state index contributed by atoms with van der Waals surface area (Å²) in [6.45, 7) is 4.75. The molecule has 0 aliphatic rings. The molecule has 0 saturated carbocycles. The zero-order valence-corrected chi connectivity index (χ0v) is 8.15. The first-order chi connectivity index (χ1) is 2.73. The van der Waals surface area contributed by atoms with Crippen LogP contribution in [0.25, 0.3) is 0 Å². The summed E-state index contributed by atoms with van der Waals surface area (Å²) in [5, 5.41) is 6.25. The maximum atomic E-state index is 6.25. The van der Waals surface area contributed by atoms with Gasteiger partial charge in [0.05, 0.1) is 0 Å². The molecule has 0 aromatic rings. The Bertz CT molecular complexity index is 58.0. The van der Waals surface area contributed by atoms with Crippen LogP contribution in [-0.4, -0.2) is 4.32 Å². The molecule has 0 unspecified atom stereocenters. The summed E-state index contributed by atoms with van der Waals surface area (Å²) < 4.78 is 0.0833. The molecule has 0 fully saturated rings. The first-order valence-electron chi connectivity index (χ1n) is 0.921. The van der Waals surface area contributed by atoms with Crippen molar-refractivity contribution in [1.29, 1.82) is 5.26 Å². The normalized spacial score (nSPS) is 3.71. The molecule has 0 rings (SSSR count). The second kappa shape index (κ2) is 16.3. The van der Waals surface area contributed by atoms with E-state index < -0.39 is 0 Å². The third-order valence-corrected chi connectivity index (χ3v) is 0. The van der Waals surface area contributed by atoms with E-state index in [4.69, 9.17) is 11.8 Å². The van der Waals surface area contributed by atoms with Gasteiger partial charge in [0.1, 0.15) is 0 Å². The maximum Gasteiger partial charge on any atom is 2.00 e. The van der Waals surface area contributed by atoms with Crippen molar-refractivity contribution in [2.45, 2.75) is 0 Å². The fourth-order valence-electron chi connectivity index (χ4n) is 0. The van der Waals surface area contributed by atoms with Gasteiger partial charge in [-0.3, -0.25) is 0 Å². The third kappa shape index (κ3) is 2220. The van der Waals surface area contributed by atoms with E-state index in [0.717, 1.165) is 0 Å². The molecule has 0 heterocycles. The Morgan fingerprint density at radius 1 is 1.71 bits per heavy atom. The van der Waals surface area contributed by atoms with E-state index in [1.807, 2.05) is 0 Å². The summed E-state index contributed by atoms with van der Waals surface area (Å²) in [7, 11) is 0. The molecule has 0 bridgehead atoms. The topological polar surface area (TPSA) is 49.8 Å². The molecule has 2 N–H and O–H groups in total. The molecule has 2 nitrogen and oxygen atoms in total. The summed E-state index contributed by atoms with van der Waals surface area (Å²) in [4.78, 5) is 0. The van der Waals surface area contributed by atoms with E-state index in [-0.39, 0.29) is 23.8 Å². The fraction of sp³-hybridized carbons (Fsp3) is 0. The molecule has 5 heteroatoms. The van der Waals surface area contributed by atoms with E-state index in [2.05, 4.69) is 30.6 Å². The van der Waals surface area contributed by atoms with Gasteiger partial charge in [0, 0.05) is 0 Å². The average molecular weight is 184 g/mol. The van der Waals surface area contributed by atoms with Gasteiger partial charge in [-0.15, -0.1) is 0 Å². The van der Waals surface area contributed by atoms with Crippen molar-refractivity contribution in [3.8, 4) is 0 Å². The monoisotopic (exact) mass is 182 g/mol. The predicted molar refractivity (Wildman–Crippen MR) is 29.1 cm³/mol. The summed E-state index contributed by atoms with van der Waals surface area (Å²) >= 11 is 8.26. The van der Waals surface area contributed by atoms with Gasteiger partial charge in [-0.2, -0.15) is 0 Å². The van der Waals surface area contributed by atoms with Crippen LogP contribution in [-0.2, 0) is 32.1 Å². The SMILES string of the molecule is NC(=S)[S-].[C-]#N.[Zn+2]. The van der Waals surface area contributed by atoms with E-state index in [0.29, 0.717) is 0 Å². The first kappa shape index (κ1) is 15.7. The zero-order valence-electron chi connectivity index (χ0n) is 3.55. The van der Waals surface area contributed by atoms with Gasteiger partial charge in [-0.1, -0.05) is 4.32 Å². The summed E-state index contributed by atoms with van der Waals surface area (Å²) in [5.41, 5.74) is 4.66. The Morgan fingerprint density at radius 2 is 1.71 bits per heavy atom. The molecular formula is C2H2N2S2Zn. The molecule has 0 aliphatic carbocycles. The van der Waals surface area contributed by atoms with Gasteiger partial charge < -0.3 is 42.4 Å². The van der Waals surface area contributed by atoms with Crippen molar-refractivity contribution in [2.75, 3.05) is 0 Å². The standard InChI is InChI=1S/CH3NS2.CN.Zn/c2-1(3)4;1-2;/h(H3,2,3,4);;/q;-1;+2/p-1. The Kier molecular flexibility index (Phi) is 36.6. The van der Waals surface area contributed by atoms with Crippen LogP contribution in [0, 0.1) is 11.8 Å². The zero-order chi connectivity index (χ0) is 5.58. The van der Waals surface area contributed by atoms with Crippen LogP contribution in [0.3, 0.4) is 0 Å². The Hall–Kier alpha value is 0.223. The molecule has 0 saturated heterocycles. The summed E-state index contributed by atoms with van der Waals surface area (Å²) in [5.74, 6) is 0. The molecule has 7 heavy (non-hydrogen) atoms. The van der Waals surface area contributed by atoms with Crippen LogP contribution in [0.1, 0.15) is 0 Å². The third-order valence-electron chi connectivity index (χ3n) is 0. The quantitative estimate of drug-likeness (QED) is 0.246. The molecule has 34 valence electrons. The van der Waals surface area contributed by atoms with E-state index in [9.17, 15) is 0 Å². The maximum absolute atomic E-state index is 6.25. The molecule has 0 atom stereocenters. The smallest absolute Gasteiger partial charge is 0.512 e. The van der Waals surface area contributed by atoms with Crippen LogP contribution in [0.4, 0.5) is 0 Å². The first-order valence-corrected chi connectivity index (χ1v) is 1.74. The van der Waals surface area contributed by atoms with E-state index in [1.165, 1.54) is 0 Å². The van der Waals surface area contributed by atoms with Gasteiger partial charge in [-0.25, -0.2) is 0 Å². The summed E-state index contributed by atoms with van der Waals surface area (Å²) in [6.07, 6.45) is 0. The minimum absolute atomic E-state index is 0. The second-order valence-electron chi connectivity index (χ2n) is 0.319. The molecule has 0 radical (unpaired) electrons. The number of nitrogens with two attached hydrogens (primary N) is 1. The molecule has 0 spiro atoms. The number of hydrogen-bond donors (Lipinski definition) is 1. The Morgan fingerprint density at radius 3 is 1.71 bits per heavy atom. The molecule has 0 aliphatic heterocycles. The molecule has 0 amide bonds. The molecule has 0 aromatic carbocycles. The average Bonchev–Trinajstić information content (AvgIpc) is 1.41. The van der Waals surface area contributed by atoms with Crippen molar-refractivity contribution >= 4 is 29.2 Å². The van der Waals surface area contributed by atoms with Crippen LogP contribution >= 0.6 is 12.2 Å². The Balaban J connectivity index is -0.0000000480. The van der Waals surface area contributed by atoms with E-state index in [1.54, 1.807) is 0 Å². The van der Waals surface area contributed by atoms with Crippen molar-refractivity contribution in [3.63, 3.8) is 0 Å². The minimum Gasteiger partial charge on any atom is -0.512 e. The number of rotatable bonds is 0. The van der Waals surface area contributed by atoms with Crippen molar-refractivity contribution < 1.29 is 19.5 Å². The van der Waals surface area contributed by atoms with Crippen molar-refractivity contribution in [1.82, 2.24) is 0 Å². The van der Waals surface area contributed by atoms with Gasteiger partial charge in [-0.05, 0) is 0 Å². The molecule has 0 aromatic heterocycles. The fourth-order valence-corrected chi connectivity index (χ4v) is 0.